The third-order valence-electron chi connectivity index (χ3n) is 6.18. The number of urea groups is 1. The van der Waals surface area contributed by atoms with Gasteiger partial charge in [-0.25, -0.2) is 13.2 Å². The zero-order valence-corrected chi connectivity index (χ0v) is 20.0. The standard InChI is InChI=1S/C25H28N2O3S2/c1-3-19-6-4-5-18(2)24(19)26-25(28)27-14-11-23(12-15-27)32(29,30)22-9-7-20(8-10-22)21-13-16-31-17-21/h4-10,13,16-17,23H,3,11-12,14-15H2,1-2H3,(H,26,28). The smallest absolute Gasteiger partial charge is 0.321 e. The van der Waals surface area contributed by atoms with Crippen molar-refractivity contribution in [3.8, 4) is 11.1 Å². The highest BCUT2D eigenvalue weighted by atomic mass is 32.2. The number of hydrogen-bond donors (Lipinski definition) is 1. The van der Waals surface area contributed by atoms with Crippen molar-refractivity contribution in [3.63, 3.8) is 0 Å². The van der Waals surface area contributed by atoms with E-state index >= 15 is 0 Å². The molecule has 0 radical (unpaired) electrons. The lowest BCUT2D eigenvalue weighted by Crippen LogP contribution is -2.44. The number of para-hydroxylation sites is 1. The predicted octanol–water partition coefficient (Wildman–Crippen LogP) is 5.76. The molecule has 1 aliphatic rings. The Morgan fingerprint density at radius 2 is 1.78 bits per heavy atom. The molecular formula is C25H28N2O3S2. The maximum absolute atomic E-state index is 13.2. The molecule has 168 valence electrons. The lowest BCUT2D eigenvalue weighted by atomic mass is 10.1. The van der Waals surface area contributed by atoms with Crippen molar-refractivity contribution in [2.45, 2.75) is 43.3 Å². The molecule has 7 heteroatoms. The van der Waals surface area contributed by atoms with Gasteiger partial charge in [0.1, 0.15) is 0 Å². The van der Waals surface area contributed by atoms with Gasteiger partial charge in [0.05, 0.1) is 10.1 Å². The SMILES string of the molecule is CCc1cccc(C)c1NC(=O)N1CCC(S(=O)(=O)c2ccc(-c3ccsc3)cc2)CC1. The number of nitrogens with one attached hydrogen (secondary N) is 1. The van der Waals surface area contributed by atoms with Crippen LogP contribution in [-0.2, 0) is 16.3 Å². The van der Waals surface area contributed by atoms with Crippen LogP contribution in [0.5, 0.6) is 0 Å². The summed E-state index contributed by atoms with van der Waals surface area (Å²) in [5, 5.41) is 6.63. The fraction of sp³-hybridized carbons (Fsp3) is 0.320. The van der Waals surface area contributed by atoms with Crippen LogP contribution >= 0.6 is 11.3 Å². The lowest BCUT2D eigenvalue weighted by molar-refractivity contribution is 0.200. The molecule has 4 rings (SSSR count). The molecule has 0 unspecified atom stereocenters. The van der Waals surface area contributed by atoms with Gasteiger partial charge in [0, 0.05) is 18.8 Å². The summed E-state index contributed by atoms with van der Waals surface area (Å²) in [5.74, 6) is 0. The summed E-state index contributed by atoms with van der Waals surface area (Å²) >= 11 is 1.62. The normalized spacial score (nSPS) is 15.0. The second-order valence-electron chi connectivity index (χ2n) is 8.16. The van der Waals surface area contributed by atoms with Crippen LogP contribution in [0.1, 0.15) is 30.9 Å². The maximum Gasteiger partial charge on any atom is 0.321 e. The first-order valence-corrected chi connectivity index (χ1v) is 13.4. The fourth-order valence-corrected chi connectivity index (χ4v) is 6.61. The van der Waals surface area contributed by atoms with Crippen LogP contribution in [0.2, 0.25) is 0 Å². The van der Waals surface area contributed by atoms with Crippen molar-refractivity contribution in [3.05, 3.63) is 70.4 Å². The fourth-order valence-electron chi connectivity index (χ4n) is 4.22. The van der Waals surface area contributed by atoms with Crippen LogP contribution in [0.25, 0.3) is 11.1 Å². The molecule has 2 heterocycles. The van der Waals surface area contributed by atoms with E-state index in [-0.39, 0.29) is 6.03 Å². The van der Waals surface area contributed by atoms with Crippen LogP contribution in [0, 0.1) is 6.92 Å². The first kappa shape index (κ1) is 22.6. The molecule has 0 atom stereocenters. The molecule has 1 N–H and O–H groups in total. The summed E-state index contributed by atoms with van der Waals surface area (Å²) in [7, 11) is -3.43. The topological polar surface area (TPSA) is 66.5 Å². The number of piperidine rings is 1. The molecule has 1 saturated heterocycles. The van der Waals surface area contributed by atoms with Crippen LogP contribution in [0.4, 0.5) is 10.5 Å². The highest BCUT2D eigenvalue weighted by Crippen LogP contribution is 2.29. The molecule has 32 heavy (non-hydrogen) atoms. The summed E-state index contributed by atoms with van der Waals surface area (Å²) in [4.78, 5) is 14.9. The molecule has 3 aromatic rings. The Balaban J connectivity index is 1.40. The van der Waals surface area contributed by atoms with E-state index in [2.05, 4.69) is 12.2 Å². The minimum Gasteiger partial charge on any atom is -0.324 e. The van der Waals surface area contributed by atoms with Crippen molar-refractivity contribution in [2.75, 3.05) is 18.4 Å². The van der Waals surface area contributed by atoms with E-state index in [0.717, 1.165) is 34.4 Å². The number of rotatable bonds is 5. The van der Waals surface area contributed by atoms with Gasteiger partial charge in [0.25, 0.3) is 0 Å². The molecule has 0 bridgehead atoms. The van der Waals surface area contributed by atoms with E-state index in [1.807, 2.05) is 54.1 Å². The average Bonchev–Trinajstić information content (AvgIpc) is 3.35. The van der Waals surface area contributed by atoms with Gasteiger partial charge < -0.3 is 10.2 Å². The molecule has 5 nitrogen and oxygen atoms in total. The number of sulfone groups is 1. The van der Waals surface area contributed by atoms with Gasteiger partial charge in [-0.2, -0.15) is 11.3 Å². The number of aryl methyl sites for hydroxylation is 2. The molecule has 0 spiro atoms. The van der Waals surface area contributed by atoms with Gasteiger partial charge in [-0.15, -0.1) is 0 Å². The highest BCUT2D eigenvalue weighted by Gasteiger charge is 2.33. The van der Waals surface area contributed by atoms with E-state index in [4.69, 9.17) is 0 Å². The van der Waals surface area contributed by atoms with Crippen LogP contribution in [0.15, 0.2) is 64.2 Å². The molecule has 2 amide bonds. The Kier molecular flexibility index (Phi) is 6.67. The molecule has 0 aliphatic carbocycles. The number of anilines is 1. The van der Waals surface area contributed by atoms with Crippen molar-refractivity contribution in [1.29, 1.82) is 0 Å². The van der Waals surface area contributed by atoms with Crippen molar-refractivity contribution >= 4 is 32.9 Å². The molecule has 1 aliphatic heterocycles. The summed E-state index contributed by atoms with van der Waals surface area (Å²) in [6.45, 7) is 4.90. The Morgan fingerprint density at radius 3 is 2.41 bits per heavy atom. The maximum atomic E-state index is 13.2. The highest BCUT2D eigenvalue weighted by molar-refractivity contribution is 7.92. The first-order chi connectivity index (χ1) is 15.4. The summed E-state index contributed by atoms with van der Waals surface area (Å²) in [5.41, 5.74) is 5.10. The summed E-state index contributed by atoms with van der Waals surface area (Å²) in [6, 6.07) is 15.0. The van der Waals surface area contributed by atoms with Crippen LogP contribution in [-0.4, -0.2) is 37.7 Å². The monoisotopic (exact) mass is 468 g/mol. The third kappa shape index (κ3) is 4.59. The second-order valence-corrected chi connectivity index (χ2v) is 11.2. The van der Waals surface area contributed by atoms with E-state index in [1.54, 1.807) is 28.4 Å². The van der Waals surface area contributed by atoms with Gasteiger partial charge in [-0.1, -0.05) is 37.3 Å². The van der Waals surface area contributed by atoms with E-state index in [9.17, 15) is 13.2 Å². The number of carbonyl (C=O) groups is 1. The van der Waals surface area contributed by atoms with Gasteiger partial charge in [-0.05, 0) is 77.4 Å². The van der Waals surface area contributed by atoms with E-state index in [1.165, 1.54) is 0 Å². The Labute approximate surface area is 194 Å². The number of carbonyl (C=O) groups excluding carboxylic acids is 1. The molecule has 1 aromatic heterocycles. The van der Waals surface area contributed by atoms with Crippen LogP contribution < -0.4 is 5.32 Å². The van der Waals surface area contributed by atoms with E-state index < -0.39 is 15.1 Å². The minimum absolute atomic E-state index is 0.162. The van der Waals surface area contributed by atoms with Crippen LogP contribution in [0.3, 0.4) is 0 Å². The number of benzene rings is 2. The molecule has 2 aromatic carbocycles. The van der Waals surface area contributed by atoms with Crippen molar-refractivity contribution in [2.24, 2.45) is 0 Å². The Hall–Kier alpha value is -2.64. The number of likely N-dealkylation sites (tertiary alicyclic amines) is 1. The number of nitrogens with zero attached hydrogens (tertiary/aromatic N) is 1. The second kappa shape index (κ2) is 9.46. The quantitative estimate of drug-likeness (QED) is 0.518. The third-order valence-corrected chi connectivity index (χ3v) is 9.14. The first-order valence-electron chi connectivity index (χ1n) is 10.9. The van der Waals surface area contributed by atoms with E-state index in [0.29, 0.717) is 30.8 Å². The molecule has 0 saturated carbocycles. The van der Waals surface area contributed by atoms with Gasteiger partial charge in [0.2, 0.25) is 0 Å². The van der Waals surface area contributed by atoms with Gasteiger partial charge in [0.15, 0.2) is 9.84 Å². The Morgan fingerprint density at radius 1 is 1.06 bits per heavy atom. The zero-order valence-electron chi connectivity index (χ0n) is 18.4. The largest absolute Gasteiger partial charge is 0.324 e. The zero-order chi connectivity index (χ0) is 22.7. The van der Waals surface area contributed by atoms with Gasteiger partial charge >= 0.3 is 6.03 Å². The van der Waals surface area contributed by atoms with Crippen molar-refractivity contribution < 1.29 is 13.2 Å². The minimum atomic E-state index is -3.43. The average molecular weight is 469 g/mol. The predicted molar refractivity (Wildman–Crippen MR) is 131 cm³/mol. The summed E-state index contributed by atoms with van der Waals surface area (Å²) < 4.78 is 26.3. The van der Waals surface area contributed by atoms with Gasteiger partial charge in [-0.3, -0.25) is 0 Å². The molecule has 1 fully saturated rings. The number of thiophene rings is 1. The summed E-state index contributed by atoms with van der Waals surface area (Å²) in [6.07, 6.45) is 1.72. The number of hydrogen-bond acceptors (Lipinski definition) is 4. The lowest BCUT2D eigenvalue weighted by Gasteiger charge is -2.32. The van der Waals surface area contributed by atoms with Crippen molar-refractivity contribution in [1.82, 2.24) is 4.90 Å². The molecular weight excluding hydrogens is 440 g/mol. The Bertz CT molecular complexity index is 1180. The number of amides is 2.